The lowest BCUT2D eigenvalue weighted by molar-refractivity contribution is -0.122. The third kappa shape index (κ3) is 5.23. The maximum Gasteiger partial charge on any atom is 0.251 e. The van der Waals surface area contributed by atoms with Crippen LogP contribution in [0.5, 0.6) is 0 Å². The van der Waals surface area contributed by atoms with Crippen molar-refractivity contribution >= 4 is 39.1 Å². The first kappa shape index (κ1) is 24.4. The van der Waals surface area contributed by atoms with Gasteiger partial charge in [0.2, 0.25) is 21.8 Å². The zero-order chi connectivity index (χ0) is 24.2. The Hall–Kier alpha value is -3.24. The van der Waals surface area contributed by atoms with Crippen LogP contribution < -0.4 is 15.5 Å². The molecule has 0 spiro atoms. The highest BCUT2D eigenvalue weighted by Gasteiger charge is 2.35. The van der Waals surface area contributed by atoms with E-state index in [9.17, 15) is 22.8 Å². The molecule has 0 radical (unpaired) electrons. The van der Waals surface area contributed by atoms with Crippen molar-refractivity contribution in [1.29, 1.82) is 0 Å². The third-order valence-corrected chi connectivity index (χ3v) is 7.67. The molecule has 2 N–H and O–H groups in total. The second-order valence-electron chi connectivity index (χ2n) is 7.64. The highest BCUT2D eigenvalue weighted by atomic mass is 32.2. The highest BCUT2D eigenvalue weighted by molar-refractivity contribution is 7.89. The number of amides is 3. The number of benzene rings is 2. The monoisotopic (exact) mass is 472 g/mol. The summed E-state index contributed by atoms with van der Waals surface area (Å²) in [7, 11) is -2.06. The summed E-state index contributed by atoms with van der Waals surface area (Å²) in [5.41, 5.74) is 1.42. The summed E-state index contributed by atoms with van der Waals surface area (Å²) in [6.07, 6.45) is 0.0421. The molecule has 0 aliphatic carbocycles. The molecule has 176 valence electrons. The molecule has 1 heterocycles. The lowest BCUT2D eigenvalue weighted by Crippen LogP contribution is -2.31. The second-order valence-corrected chi connectivity index (χ2v) is 9.58. The van der Waals surface area contributed by atoms with Crippen LogP contribution in [0.3, 0.4) is 0 Å². The largest absolute Gasteiger partial charge is 0.355 e. The Labute approximate surface area is 193 Å². The van der Waals surface area contributed by atoms with E-state index in [1.807, 2.05) is 0 Å². The molecule has 1 saturated heterocycles. The zero-order valence-electron chi connectivity index (χ0n) is 18.9. The van der Waals surface area contributed by atoms with E-state index in [-0.39, 0.29) is 35.6 Å². The first-order valence-electron chi connectivity index (χ1n) is 10.7. The summed E-state index contributed by atoms with van der Waals surface area (Å²) in [6, 6.07) is 12.7. The van der Waals surface area contributed by atoms with Crippen molar-refractivity contribution in [1.82, 2.24) is 9.62 Å². The maximum atomic E-state index is 12.7. The minimum atomic E-state index is -3.59. The molecule has 0 bridgehead atoms. The Morgan fingerprint density at radius 3 is 2.36 bits per heavy atom. The number of nitrogens with zero attached hydrogens (tertiary/aromatic N) is 2. The van der Waals surface area contributed by atoms with Crippen LogP contribution in [0.15, 0.2) is 53.4 Å². The molecule has 0 aromatic heterocycles. The number of sulfonamides is 1. The summed E-state index contributed by atoms with van der Waals surface area (Å²) in [5, 5.41) is 5.30. The van der Waals surface area contributed by atoms with E-state index in [4.69, 9.17) is 0 Å². The normalized spacial score (nSPS) is 16.2. The molecule has 0 saturated carbocycles. The van der Waals surface area contributed by atoms with Crippen molar-refractivity contribution in [3.8, 4) is 0 Å². The quantitative estimate of drug-likeness (QED) is 0.610. The second kappa shape index (κ2) is 10.1. The van der Waals surface area contributed by atoms with Crippen LogP contribution in [0, 0.1) is 5.92 Å². The summed E-state index contributed by atoms with van der Waals surface area (Å²) in [6.45, 7) is 4.47. The van der Waals surface area contributed by atoms with E-state index in [0.29, 0.717) is 30.0 Å². The number of anilines is 2. The average molecular weight is 473 g/mol. The number of rotatable bonds is 8. The van der Waals surface area contributed by atoms with Gasteiger partial charge in [-0.3, -0.25) is 14.4 Å². The average Bonchev–Trinajstić information content (AvgIpc) is 3.21. The summed E-state index contributed by atoms with van der Waals surface area (Å²) >= 11 is 0. The van der Waals surface area contributed by atoms with Gasteiger partial charge in [-0.2, -0.15) is 4.31 Å². The van der Waals surface area contributed by atoms with Crippen molar-refractivity contribution in [2.45, 2.75) is 25.2 Å². The topological polar surface area (TPSA) is 116 Å². The fourth-order valence-corrected chi connectivity index (χ4v) is 5.23. The Balaban J connectivity index is 1.70. The summed E-state index contributed by atoms with van der Waals surface area (Å²) < 4.78 is 26.7. The van der Waals surface area contributed by atoms with Gasteiger partial charge in [-0.1, -0.05) is 19.9 Å². The molecule has 1 aliphatic rings. The van der Waals surface area contributed by atoms with Crippen molar-refractivity contribution in [3.63, 3.8) is 0 Å². The van der Waals surface area contributed by atoms with Gasteiger partial charge in [0.05, 0.1) is 10.8 Å². The first-order chi connectivity index (χ1) is 15.7. The molecule has 2 aromatic rings. The molecular formula is C23H28N4O5S. The standard InChI is InChI=1S/C23H28N4O5S/c1-4-26(5-2)33(31,32)20-11-9-19(10-12-20)27-15-17(14-21(27)28)23(30)25-18-8-6-7-16(13-18)22(29)24-3/h6-13,17H,4-5,14-15H2,1-3H3,(H,24,29)(H,25,30). The van der Waals surface area contributed by atoms with Gasteiger partial charge >= 0.3 is 0 Å². The fraction of sp³-hybridized carbons (Fsp3) is 0.348. The van der Waals surface area contributed by atoms with Gasteiger partial charge in [0, 0.05) is 50.0 Å². The van der Waals surface area contributed by atoms with Gasteiger partial charge in [0.1, 0.15) is 0 Å². The van der Waals surface area contributed by atoms with Gasteiger partial charge in [0.15, 0.2) is 0 Å². The van der Waals surface area contributed by atoms with E-state index in [2.05, 4.69) is 10.6 Å². The van der Waals surface area contributed by atoms with Crippen LogP contribution in [0.4, 0.5) is 11.4 Å². The van der Waals surface area contributed by atoms with Crippen molar-refractivity contribution in [3.05, 3.63) is 54.1 Å². The van der Waals surface area contributed by atoms with E-state index in [1.165, 1.54) is 28.4 Å². The summed E-state index contributed by atoms with van der Waals surface area (Å²) in [5.74, 6) is -1.37. The van der Waals surface area contributed by atoms with E-state index < -0.39 is 15.9 Å². The fourth-order valence-electron chi connectivity index (χ4n) is 3.77. The Kier molecular flexibility index (Phi) is 7.50. The number of nitrogens with one attached hydrogen (secondary N) is 2. The molecule has 1 fully saturated rings. The van der Waals surface area contributed by atoms with Crippen LogP contribution in [-0.4, -0.2) is 57.1 Å². The molecule has 33 heavy (non-hydrogen) atoms. The van der Waals surface area contributed by atoms with Crippen LogP contribution >= 0.6 is 0 Å². The van der Waals surface area contributed by atoms with E-state index >= 15 is 0 Å². The third-order valence-electron chi connectivity index (χ3n) is 5.61. The first-order valence-corrected chi connectivity index (χ1v) is 12.2. The lowest BCUT2D eigenvalue weighted by atomic mass is 10.1. The summed E-state index contributed by atoms with van der Waals surface area (Å²) in [4.78, 5) is 38.7. The molecule has 10 heteroatoms. The van der Waals surface area contributed by atoms with Crippen LogP contribution in [-0.2, 0) is 19.6 Å². The van der Waals surface area contributed by atoms with Crippen LogP contribution in [0.25, 0.3) is 0 Å². The zero-order valence-corrected chi connectivity index (χ0v) is 19.7. The van der Waals surface area contributed by atoms with Gasteiger partial charge in [-0.25, -0.2) is 8.42 Å². The van der Waals surface area contributed by atoms with Gasteiger partial charge < -0.3 is 15.5 Å². The molecule has 9 nitrogen and oxygen atoms in total. The SMILES string of the molecule is CCN(CC)S(=O)(=O)c1ccc(N2CC(C(=O)Nc3cccc(C(=O)NC)c3)CC2=O)cc1. The molecule has 3 rings (SSSR count). The molecular weight excluding hydrogens is 444 g/mol. The number of carbonyl (C=O) groups excluding carboxylic acids is 3. The smallest absolute Gasteiger partial charge is 0.251 e. The molecule has 1 atom stereocenters. The minimum Gasteiger partial charge on any atom is -0.355 e. The predicted molar refractivity (Wildman–Crippen MR) is 125 cm³/mol. The van der Waals surface area contributed by atoms with Gasteiger partial charge in [0.25, 0.3) is 5.91 Å². The van der Waals surface area contributed by atoms with E-state index in [0.717, 1.165) is 0 Å². The number of carbonyl (C=O) groups is 3. The van der Waals surface area contributed by atoms with Gasteiger partial charge in [-0.15, -0.1) is 0 Å². The van der Waals surface area contributed by atoms with Crippen molar-refractivity contribution < 1.29 is 22.8 Å². The predicted octanol–water partition coefficient (Wildman–Crippen LogP) is 2.07. The molecule has 3 amide bonds. The number of hydrogen-bond donors (Lipinski definition) is 2. The Morgan fingerprint density at radius 1 is 1.09 bits per heavy atom. The minimum absolute atomic E-state index is 0.0421. The molecule has 1 aliphatic heterocycles. The molecule has 1 unspecified atom stereocenters. The maximum absolute atomic E-state index is 12.7. The number of hydrogen-bond acceptors (Lipinski definition) is 5. The van der Waals surface area contributed by atoms with Crippen LogP contribution in [0.1, 0.15) is 30.6 Å². The molecule has 2 aromatic carbocycles. The Morgan fingerprint density at radius 2 is 1.76 bits per heavy atom. The highest BCUT2D eigenvalue weighted by Crippen LogP contribution is 2.28. The lowest BCUT2D eigenvalue weighted by Gasteiger charge is -2.20. The van der Waals surface area contributed by atoms with Crippen LogP contribution in [0.2, 0.25) is 0 Å². The van der Waals surface area contributed by atoms with Crippen molar-refractivity contribution in [2.75, 3.05) is 36.9 Å². The van der Waals surface area contributed by atoms with Crippen molar-refractivity contribution in [2.24, 2.45) is 5.92 Å². The van der Waals surface area contributed by atoms with Gasteiger partial charge in [-0.05, 0) is 42.5 Å². The van der Waals surface area contributed by atoms with E-state index in [1.54, 1.807) is 50.2 Å². The Bertz CT molecular complexity index is 1140.